The third-order valence-electron chi connectivity index (χ3n) is 4.22. The Morgan fingerprint density at radius 2 is 2.19 bits per heavy atom. The largest absolute Gasteiger partial charge is 0.352 e. The zero-order chi connectivity index (χ0) is 14.7. The van der Waals surface area contributed by atoms with E-state index in [9.17, 15) is 4.79 Å². The van der Waals surface area contributed by atoms with E-state index in [0.717, 1.165) is 31.4 Å². The lowest BCUT2D eigenvalue weighted by Crippen LogP contribution is -2.42. The maximum Gasteiger partial charge on any atom is 0.227 e. The lowest BCUT2D eigenvalue weighted by Gasteiger charge is -2.26. The van der Waals surface area contributed by atoms with Crippen LogP contribution in [0.3, 0.4) is 0 Å². The van der Waals surface area contributed by atoms with Crippen LogP contribution in [0, 0.1) is 0 Å². The molecule has 3 rings (SSSR count). The van der Waals surface area contributed by atoms with Gasteiger partial charge in [0.15, 0.2) is 0 Å². The van der Waals surface area contributed by atoms with Gasteiger partial charge in [0.05, 0.1) is 5.92 Å². The number of benzene rings is 1. The van der Waals surface area contributed by atoms with Crippen LogP contribution in [-0.2, 0) is 17.8 Å². The molecule has 0 radical (unpaired) electrons. The van der Waals surface area contributed by atoms with Gasteiger partial charge in [-0.25, -0.2) is 0 Å². The number of rotatable bonds is 4. The van der Waals surface area contributed by atoms with Crippen LogP contribution in [0.25, 0.3) is 0 Å². The molecule has 4 nitrogen and oxygen atoms in total. The fourth-order valence-electron chi connectivity index (χ4n) is 3.05. The van der Waals surface area contributed by atoms with Gasteiger partial charge in [0.2, 0.25) is 5.91 Å². The molecular weight excluding hydrogens is 262 g/mol. The summed E-state index contributed by atoms with van der Waals surface area (Å²) in [4.78, 5) is 12.6. The van der Waals surface area contributed by atoms with Crippen molar-refractivity contribution in [1.82, 2.24) is 15.1 Å². The summed E-state index contributed by atoms with van der Waals surface area (Å²) in [5, 5.41) is 7.49. The van der Waals surface area contributed by atoms with E-state index >= 15 is 0 Å². The van der Waals surface area contributed by atoms with E-state index in [4.69, 9.17) is 0 Å². The predicted molar refractivity (Wildman–Crippen MR) is 82.0 cm³/mol. The first kappa shape index (κ1) is 13.9. The van der Waals surface area contributed by atoms with Gasteiger partial charge < -0.3 is 5.32 Å². The molecule has 4 heteroatoms. The van der Waals surface area contributed by atoms with Crippen LogP contribution >= 0.6 is 0 Å². The van der Waals surface area contributed by atoms with Gasteiger partial charge in [0.1, 0.15) is 0 Å². The van der Waals surface area contributed by atoms with E-state index in [1.807, 2.05) is 47.3 Å². The lowest BCUT2D eigenvalue weighted by atomic mass is 9.94. The Morgan fingerprint density at radius 3 is 2.95 bits per heavy atom. The van der Waals surface area contributed by atoms with Crippen LogP contribution in [0.4, 0.5) is 0 Å². The summed E-state index contributed by atoms with van der Waals surface area (Å²) in [6.07, 6.45) is 4.47. The normalized spacial score (nSPS) is 18.8. The average molecular weight is 283 g/mol. The highest BCUT2D eigenvalue weighted by Crippen LogP contribution is 2.21. The fraction of sp³-hybridized carbons (Fsp3) is 0.412. The van der Waals surface area contributed by atoms with E-state index in [0.29, 0.717) is 0 Å². The number of nitrogens with one attached hydrogen (secondary N) is 1. The highest BCUT2D eigenvalue weighted by atomic mass is 16.1. The molecule has 0 aliphatic carbocycles. The standard InChI is InChI=1S/C17H21N3O/c1-2-16(13-6-4-3-5-7-13)17(21)19-14-9-11-20-15(12-14)8-10-18-20/h3-8,10,14,16H,2,9,11-12H2,1H3,(H,19,21)/t14-,16+/m1/s1. The van der Waals surface area contributed by atoms with Crippen molar-refractivity contribution in [3.8, 4) is 0 Å². The number of carbonyl (C=O) groups is 1. The molecular formula is C17H21N3O. The number of aryl methyl sites for hydroxylation is 1. The first-order valence-corrected chi connectivity index (χ1v) is 7.64. The summed E-state index contributed by atoms with van der Waals surface area (Å²) in [7, 11) is 0. The molecule has 1 N–H and O–H groups in total. The molecule has 1 aromatic heterocycles. The number of hydrogen-bond acceptors (Lipinski definition) is 2. The third-order valence-corrected chi connectivity index (χ3v) is 4.22. The van der Waals surface area contributed by atoms with Gasteiger partial charge in [0.25, 0.3) is 0 Å². The fourth-order valence-corrected chi connectivity index (χ4v) is 3.05. The molecule has 110 valence electrons. The molecule has 21 heavy (non-hydrogen) atoms. The topological polar surface area (TPSA) is 46.9 Å². The molecule has 0 bridgehead atoms. The van der Waals surface area contributed by atoms with E-state index in [1.54, 1.807) is 0 Å². The molecule has 1 aromatic carbocycles. The number of hydrogen-bond donors (Lipinski definition) is 1. The van der Waals surface area contributed by atoms with E-state index in [-0.39, 0.29) is 17.9 Å². The molecule has 0 unspecified atom stereocenters. The molecule has 0 saturated heterocycles. The van der Waals surface area contributed by atoms with Crippen molar-refractivity contribution < 1.29 is 4.79 Å². The van der Waals surface area contributed by atoms with Crippen LogP contribution in [0.15, 0.2) is 42.6 Å². The number of carbonyl (C=O) groups excluding carboxylic acids is 1. The minimum Gasteiger partial charge on any atom is -0.352 e. The molecule has 0 fully saturated rings. The van der Waals surface area contributed by atoms with E-state index in [1.165, 1.54) is 5.69 Å². The maximum absolute atomic E-state index is 12.6. The summed E-state index contributed by atoms with van der Waals surface area (Å²) in [5.41, 5.74) is 2.30. The van der Waals surface area contributed by atoms with Crippen LogP contribution in [0.1, 0.15) is 36.9 Å². The van der Waals surface area contributed by atoms with Crippen molar-refractivity contribution in [3.05, 3.63) is 53.9 Å². The van der Waals surface area contributed by atoms with Gasteiger partial charge in [-0.3, -0.25) is 9.48 Å². The summed E-state index contributed by atoms with van der Waals surface area (Å²) < 4.78 is 2.02. The molecule has 2 atom stereocenters. The monoisotopic (exact) mass is 283 g/mol. The number of fused-ring (bicyclic) bond motifs is 1. The van der Waals surface area contributed by atoms with Gasteiger partial charge in [0, 0.05) is 30.9 Å². The minimum absolute atomic E-state index is 0.0574. The smallest absolute Gasteiger partial charge is 0.227 e. The molecule has 1 amide bonds. The lowest BCUT2D eigenvalue weighted by molar-refractivity contribution is -0.123. The van der Waals surface area contributed by atoms with Crippen LogP contribution in [0.5, 0.6) is 0 Å². The number of amides is 1. The SMILES string of the molecule is CC[C@H](C(=O)N[C@@H]1CCn2nccc2C1)c1ccccc1. The molecule has 1 aliphatic heterocycles. The van der Waals surface area contributed by atoms with Crippen LogP contribution in [-0.4, -0.2) is 21.7 Å². The number of aromatic nitrogens is 2. The van der Waals surface area contributed by atoms with E-state index in [2.05, 4.69) is 17.3 Å². The van der Waals surface area contributed by atoms with Crippen LogP contribution < -0.4 is 5.32 Å². The molecule has 0 saturated carbocycles. The summed E-state index contributed by atoms with van der Waals surface area (Å²) in [5.74, 6) is 0.0831. The number of nitrogens with zero attached hydrogens (tertiary/aromatic N) is 2. The van der Waals surface area contributed by atoms with Crippen molar-refractivity contribution in [3.63, 3.8) is 0 Å². The quantitative estimate of drug-likeness (QED) is 0.937. The van der Waals surface area contributed by atoms with Crippen molar-refractivity contribution >= 4 is 5.91 Å². The summed E-state index contributed by atoms with van der Waals surface area (Å²) >= 11 is 0. The Kier molecular flexibility index (Phi) is 4.04. The first-order chi connectivity index (χ1) is 10.3. The van der Waals surface area contributed by atoms with Gasteiger partial charge >= 0.3 is 0 Å². The molecule has 2 aromatic rings. The zero-order valence-corrected chi connectivity index (χ0v) is 12.3. The second-order valence-electron chi connectivity index (χ2n) is 5.62. The second kappa shape index (κ2) is 6.12. The van der Waals surface area contributed by atoms with Crippen molar-refractivity contribution in [2.45, 2.75) is 44.7 Å². The van der Waals surface area contributed by atoms with Gasteiger partial charge in [-0.1, -0.05) is 37.3 Å². The second-order valence-corrected chi connectivity index (χ2v) is 5.62. The summed E-state index contributed by atoms with van der Waals surface area (Å²) in [6, 6.07) is 12.3. The Labute approximate surface area is 125 Å². The van der Waals surface area contributed by atoms with Gasteiger partial charge in [-0.15, -0.1) is 0 Å². The van der Waals surface area contributed by atoms with Crippen molar-refractivity contribution in [2.24, 2.45) is 0 Å². The summed E-state index contributed by atoms with van der Waals surface area (Å²) in [6.45, 7) is 2.95. The molecule has 1 aliphatic rings. The molecule has 0 spiro atoms. The average Bonchev–Trinajstić information content (AvgIpc) is 2.96. The Bertz CT molecular complexity index is 606. The zero-order valence-electron chi connectivity index (χ0n) is 12.3. The highest BCUT2D eigenvalue weighted by molar-refractivity contribution is 5.83. The highest BCUT2D eigenvalue weighted by Gasteiger charge is 2.24. The first-order valence-electron chi connectivity index (χ1n) is 7.64. The predicted octanol–water partition coefficient (Wildman–Crippen LogP) is 2.51. The van der Waals surface area contributed by atoms with Gasteiger partial charge in [-0.2, -0.15) is 5.10 Å². The third kappa shape index (κ3) is 2.99. The van der Waals surface area contributed by atoms with Crippen molar-refractivity contribution in [1.29, 1.82) is 0 Å². The van der Waals surface area contributed by atoms with Crippen molar-refractivity contribution in [2.75, 3.05) is 0 Å². The minimum atomic E-state index is -0.0574. The Morgan fingerprint density at radius 1 is 1.38 bits per heavy atom. The Hall–Kier alpha value is -2.10. The maximum atomic E-state index is 12.6. The van der Waals surface area contributed by atoms with Crippen LogP contribution in [0.2, 0.25) is 0 Å². The Balaban J connectivity index is 1.66. The molecule has 2 heterocycles. The van der Waals surface area contributed by atoms with E-state index < -0.39 is 0 Å². The van der Waals surface area contributed by atoms with Gasteiger partial charge in [-0.05, 0) is 24.5 Å².